The highest BCUT2D eigenvalue weighted by molar-refractivity contribution is 7.54. The molecule has 0 amide bonds. The van der Waals surface area contributed by atoms with Crippen LogP contribution in [0.4, 0.5) is 0 Å². The lowest BCUT2D eigenvalue weighted by atomic mass is 10.1. The van der Waals surface area contributed by atoms with Gasteiger partial charge in [0.15, 0.2) is 0 Å². The molecule has 1 aliphatic heterocycles. The summed E-state index contributed by atoms with van der Waals surface area (Å²) in [6.45, 7) is 8.11. The van der Waals surface area contributed by atoms with E-state index in [1.807, 2.05) is 44.2 Å². The summed E-state index contributed by atoms with van der Waals surface area (Å²) in [4.78, 5) is 12.7. The summed E-state index contributed by atoms with van der Waals surface area (Å²) in [5.41, 5.74) is 0.772. The second-order valence-corrected chi connectivity index (χ2v) is 7.86. The topological polar surface area (TPSA) is 59.1 Å². The van der Waals surface area contributed by atoms with E-state index in [-0.39, 0.29) is 12.6 Å². The first-order chi connectivity index (χ1) is 11.6. The van der Waals surface area contributed by atoms with Crippen molar-refractivity contribution >= 4 is 13.6 Å². The van der Waals surface area contributed by atoms with Gasteiger partial charge in [0.25, 0.3) is 0 Å². The van der Waals surface area contributed by atoms with E-state index in [0.717, 1.165) is 12.0 Å². The van der Waals surface area contributed by atoms with Gasteiger partial charge in [0.2, 0.25) is 0 Å². The second-order valence-electron chi connectivity index (χ2n) is 5.54. The Kier molecular flexibility index (Phi) is 6.99. The van der Waals surface area contributed by atoms with Crippen molar-refractivity contribution in [1.29, 1.82) is 0 Å². The number of benzene rings is 1. The smallest absolute Gasteiger partial charge is 0.347 e. The molecule has 2 rings (SSSR count). The highest BCUT2D eigenvalue weighted by Gasteiger charge is 2.46. The van der Waals surface area contributed by atoms with Crippen molar-refractivity contribution < 1.29 is 18.6 Å². The molecule has 0 spiro atoms. The van der Waals surface area contributed by atoms with Crippen molar-refractivity contribution in [2.45, 2.75) is 33.2 Å². The Labute approximate surface area is 144 Å². The van der Waals surface area contributed by atoms with Crippen LogP contribution in [0.2, 0.25) is 0 Å². The molecule has 7 heteroatoms. The van der Waals surface area contributed by atoms with Gasteiger partial charge < -0.3 is 9.26 Å². The minimum absolute atomic E-state index is 0.284. The number of hydrogen-bond acceptors (Lipinski definition) is 4. The standard InChI is InChI=1S/C17H27N2O4P/c1-4-18(5-2)24(21)19(13-10-14-23-24)16(17(20)22-6-3)15-11-8-7-9-12-15/h7-9,11-12,16H,4-6,10,13-14H2,1-3H3. The molecule has 1 saturated heterocycles. The maximum atomic E-state index is 13.7. The van der Waals surface area contributed by atoms with E-state index >= 15 is 0 Å². The number of rotatable bonds is 7. The lowest BCUT2D eigenvalue weighted by Crippen LogP contribution is -2.42. The van der Waals surface area contributed by atoms with Crippen LogP contribution in [-0.4, -0.2) is 48.2 Å². The minimum atomic E-state index is -3.27. The summed E-state index contributed by atoms with van der Waals surface area (Å²) in [5, 5.41) is 0. The highest BCUT2D eigenvalue weighted by atomic mass is 31.2. The molecule has 2 atom stereocenters. The van der Waals surface area contributed by atoms with Gasteiger partial charge in [0.05, 0.1) is 13.2 Å². The molecule has 0 aromatic heterocycles. The van der Waals surface area contributed by atoms with E-state index in [4.69, 9.17) is 9.26 Å². The molecule has 6 nitrogen and oxygen atoms in total. The molecule has 0 saturated carbocycles. The molecule has 0 N–H and O–H groups in total. The van der Waals surface area contributed by atoms with Crippen LogP contribution in [0.1, 0.15) is 38.8 Å². The van der Waals surface area contributed by atoms with Crippen molar-refractivity contribution in [3.63, 3.8) is 0 Å². The molecule has 1 aromatic rings. The van der Waals surface area contributed by atoms with Gasteiger partial charge in [-0.25, -0.2) is 14.1 Å². The van der Waals surface area contributed by atoms with E-state index < -0.39 is 13.7 Å². The van der Waals surface area contributed by atoms with Crippen LogP contribution < -0.4 is 0 Å². The fraction of sp³-hybridized carbons (Fsp3) is 0.588. The van der Waals surface area contributed by atoms with Gasteiger partial charge in [-0.2, -0.15) is 0 Å². The Balaban J connectivity index is 2.45. The van der Waals surface area contributed by atoms with E-state index in [2.05, 4.69) is 0 Å². The zero-order chi connectivity index (χ0) is 17.6. The number of nitrogens with zero attached hydrogens (tertiary/aromatic N) is 2. The van der Waals surface area contributed by atoms with Gasteiger partial charge in [-0.05, 0) is 18.9 Å². The highest BCUT2D eigenvalue weighted by Crippen LogP contribution is 2.59. The quantitative estimate of drug-likeness (QED) is 0.552. The molecule has 1 fully saturated rings. The van der Waals surface area contributed by atoms with Crippen LogP contribution in [0.5, 0.6) is 0 Å². The normalized spacial score (nSPS) is 23.2. The van der Waals surface area contributed by atoms with Gasteiger partial charge in [0, 0.05) is 19.6 Å². The monoisotopic (exact) mass is 354 g/mol. The fourth-order valence-electron chi connectivity index (χ4n) is 3.00. The van der Waals surface area contributed by atoms with Crippen LogP contribution in [0.15, 0.2) is 30.3 Å². The van der Waals surface area contributed by atoms with Crippen molar-refractivity contribution in [2.75, 3.05) is 32.8 Å². The lowest BCUT2D eigenvalue weighted by molar-refractivity contribution is -0.148. The Morgan fingerprint density at radius 2 is 1.96 bits per heavy atom. The first-order valence-electron chi connectivity index (χ1n) is 8.57. The largest absolute Gasteiger partial charge is 0.465 e. The third kappa shape index (κ3) is 3.89. The molecule has 2 unspecified atom stereocenters. The van der Waals surface area contributed by atoms with Gasteiger partial charge in [-0.15, -0.1) is 0 Å². The lowest BCUT2D eigenvalue weighted by Gasteiger charge is -2.43. The maximum Gasteiger partial charge on any atom is 0.347 e. The van der Waals surface area contributed by atoms with Gasteiger partial charge in [0.1, 0.15) is 6.04 Å². The maximum absolute atomic E-state index is 13.7. The number of carbonyl (C=O) groups excluding carboxylic acids is 1. The zero-order valence-electron chi connectivity index (χ0n) is 14.7. The number of hydrogen-bond donors (Lipinski definition) is 0. The van der Waals surface area contributed by atoms with E-state index in [9.17, 15) is 9.36 Å². The van der Waals surface area contributed by atoms with Crippen LogP contribution in [0.3, 0.4) is 0 Å². The van der Waals surface area contributed by atoms with Gasteiger partial charge in [-0.3, -0.25) is 4.57 Å². The number of carbonyl (C=O) groups is 1. The molecule has 24 heavy (non-hydrogen) atoms. The molecule has 1 aliphatic rings. The van der Waals surface area contributed by atoms with E-state index in [0.29, 0.717) is 26.2 Å². The van der Waals surface area contributed by atoms with Crippen LogP contribution in [0, 0.1) is 0 Å². The first kappa shape index (κ1) is 19.1. The molecular formula is C17H27N2O4P. The minimum Gasteiger partial charge on any atom is -0.465 e. The number of esters is 1. The Bertz CT molecular complexity index is 577. The third-order valence-corrected chi connectivity index (χ3v) is 7.01. The second kappa shape index (κ2) is 8.77. The molecule has 0 radical (unpaired) electrons. The fourth-order valence-corrected chi connectivity index (χ4v) is 5.63. The number of ether oxygens (including phenoxy) is 1. The Morgan fingerprint density at radius 3 is 2.54 bits per heavy atom. The summed E-state index contributed by atoms with van der Waals surface area (Å²) in [6.07, 6.45) is 0.730. The van der Waals surface area contributed by atoms with E-state index in [1.54, 1.807) is 16.3 Å². The van der Waals surface area contributed by atoms with Crippen LogP contribution in [0.25, 0.3) is 0 Å². The van der Waals surface area contributed by atoms with Crippen LogP contribution in [-0.2, 0) is 18.6 Å². The van der Waals surface area contributed by atoms with Gasteiger partial charge >= 0.3 is 13.6 Å². The zero-order valence-corrected chi connectivity index (χ0v) is 15.6. The predicted octanol–water partition coefficient (Wildman–Crippen LogP) is 3.46. The molecule has 1 aromatic carbocycles. The average molecular weight is 354 g/mol. The molecule has 0 bridgehead atoms. The molecular weight excluding hydrogens is 327 g/mol. The van der Waals surface area contributed by atoms with Crippen molar-refractivity contribution in [3.05, 3.63) is 35.9 Å². The van der Waals surface area contributed by atoms with Crippen LogP contribution >= 0.6 is 7.67 Å². The summed E-state index contributed by atoms with van der Waals surface area (Å²) < 4.78 is 28.2. The SMILES string of the molecule is CCOC(=O)C(c1ccccc1)N1CCCOP1(=O)N(CC)CC. The Morgan fingerprint density at radius 1 is 1.29 bits per heavy atom. The predicted molar refractivity (Wildman–Crippen MR) is 93.6 cm³/mol. The summed E-state index contributed by atoms with van der Waals surface area (Å²) in [5.74, 6) is -0.387. The molecule has 0 aliphatic carbocycles. The first-order valence-corrected chi connectivity index (χ1v) is 10.1. The van der Waals surface area contributed by atoms with Crippen molar-refractivity contribution in [2.24, 2.45) is 0 Å². The van der Waals surface area contributed by atoms with Gasteiger partial charge in [-0.1, -0.05) is 44.2 Å². The summed E-state index contributed by atoms with van der Waals surface area (Å²) in [6, 6.07) is 8.63. The summed E-state index contributed by atoms with van der Waals surface area (Å²) >= 11 is 0. The van der Waals surface area contributed by atoms with Crippen molar-refractivity contribution in [3.8, 4) is 0 Å². The Hall–Kier alpha value is -1.20. The molecule has 1 heterocycles. The third-order valence-electron chi connectivity index (χ3n) is 4.13. The van der Waals surface area contributed by atoms with Crippen molar-refractivity contribution in [1.82, 2.24) is 9.34 Å². The average Bonchev–Trinajstić information content (AvgIpc) is 2.59. The molecule has 134 valence electrons. The summed E-state index contributed by atoms with van der Waals surface area (Å²) in [7, 11) is -3.27. The van der Waals surface area contributed by atoms with E-state index in [1.165, 1.54) is 0 Å².